The van der Waals surface area contributed by atoms with Gasteiger partial charge in [0.1, 0.15) is 0 Å². The SMILES string of the molecule is CN=C(NCCN1CCOCC1)NCc1cccc(NC(=O)C2CCCC2)c1. The van der Waals surface area contributed by atoms with Crippen LogP contribution in [0.2, 0.25) is 0 Å². The summed E-state index contributed by atoms with van der Waals surface area (Å²) < 4.78 is 5.37. The van der Waals surface area contributed by atoms with Gasteiger partial charge in [-0.05, 0) is 30.5 Å². The van der Waals surface area contributed by atoms with Gasteiger partial charge >= 0.3 is 0 Å². The molecule has 1 aliphatic heterocycles. The lowest BCUT2D eigenvalue weighted by molar-refractivity contribution is -0.119. The largest absolute Gasteiger partial charge is 0.379 e. The Morgan fingerprint density at radius 1 is 1.21 bits per heavy atom. The van der Waals surface area contributed by atoms with E-state index in [0.29, 0.717) is 6.54 Å². The molecule has 1 amide bonds. The summed E-state index contributed by atoms with van der Waals surface area (Å²) in [5.74, 6) is 1.12. The molecule has 1 saturated carbocycles. The lowest BCUT2D eigenvalue weighted by Gasteiger charge is -2.26. The number of rotatable bonds is 7. The topological polar surface area (TPSA) is 78.0 Å². The molecule has 1 aromatic carbocycles. The van der Waals surface area contributed by atoms with Gasteiger partial charge in [-0.15, -0.1) is 0 Å². The van der Waals surface area contributed by atoms with E-state index in [4.69, 9.17) is 4.74 Å². The second-order valence-electron chi connectivity index (χ2n) is 7.48. The summed E-state index contributed by atoms with van der Waals surface area (Å²) in [7, 11) is 1.78. The predicted octanol–water partition coefficient (Wildman–Crippen LogP) is 1.81. The van der Waals surface area contributed by atoms with Gasteiger partial charge in [-0.25, -0.2) is 0 Å². The first-order valence-corrected chi connectivity index (χ1v) is 10.4. The van der Waals surface area contributed by atoms with Gasteiger partial charge in [0.2, 0.25) is 5.91 Å². The predicted molar refractivity (Wildman–Crippen MR) is 112 cm³/mol. The Bertz CT molecular complexity index is 652. The van der Waals surface area contributed by atoms with Crippen LogP contribution in [0.5, 0.6) is 0 Å². The van der Waals surface area contributed by atoms with Crippen LogP contribution in [0.1, 0.15) is 31.2 Å². The lowest BCUT2D eigenvalue weighted by atomic mass is 10.1. The Labute approximate surface area is 167 Å². The van der Waals surface area contributed by atoms with Crippen molar-refractivity contribution in [1.82, 2.24) is 15.5 Å². The Kier molecular flexibility index (Phi) is 8.11. The quantitative estimate of drug-likeness (QED) is 0.491. The van der Waals surface area contributed by atoms with Gasteiger partial charge in [0.15, 0.2) is 5.96 Å². The van der Waals surface area contributed by atoms with Crippen LogP contribution in [0, 0.1) is 5.92 Å². The number of carbonyl (C=O) groups is 1. The number of hydrogen-bond donors (Lipinski definition) is 3. The van der Waals surface area contributed by atoms with Crippen LogP contribution in [0.3, 0.4) is 0 Å². The molecule has 0 atom stereocenters. The van der Waals surface area contributed by atoms with Gasteiger partial charge < -0.3 is 20.7 Å². The zero-order valence-corrected chi connectivity index (χ0v) is 16.9. The number of guanidine groups is 1. The number of nitrogens with zero attached hydrogens (tertiary/aromatic N) is 2. The number of hydrogen-bond acceptors (Lipinski definition) is 4. The van der Waals surface area contributed by atoms with E-state index in [2.05, 4.69) is 31.9 Å². The zero-order valence-electron chi connectivity index (χ0n) is 16.9. The number of anilines is 1. The number of amides is 1. The number of carbonyl (C=O) groups excluding carboxylic acids is 1. The van der Waals surface area contributed by atoms with Crippen LogP contribution in [-0.2, 0) is 16.1 Å². The van der Waals surface area contributed by atoms with Crippen molar-refractivity contribution in [3.63, 3.8) is 0 Å². The first kappa shape index (κ1) is 20.6. The first-order valence-electron chi connectivity index (χ1n) is 10.4. The van der Waals surface area contributed by atoms with Crippen molar-refractivity contribution in [1.29, 1.82) is 0 Å². The molecular weight excluding hydrogens is 354 g/mol. The number of ether oxygens (including phenoxy) is 1. The fourth-order valence-corrected chi connectivity index (χ4v) is 3.75. The van der Waals surface area contributed by atoms with E-state index in [9.17, 15) is 4.79 Å². The fourth-order valence-electron chi connectivity index (χ4n) is 3.75. The highest BCUT2D eigenvalue weighted by Gasteiger charge is 2.22. The molecule has 7 heteroatoms. The maximum Gasteiger partial charge on any atom is 0.227 e. The standard InChI is InChI=1S/C21H33N5O2/c1-22-21(23-9-10-26-11-13-28-14-12-26)24-16-17-5-4-8-19(15-17)25-20(27)18-6-2-3-7-18/h4-5,8,15,18H,2-3,6-7,9-14,16H2,1H3,(H,25,27)(H2,22,23,24). The average molecular weight is 388 g/mol. The Morgan fingerprint density at radius 2 is 2.00 bits per heavy atom. The van der Waals surface area contributed by atoms with Gasteiger partial charge in [-0.3, -0.25) is 14.7 Å². The molecule has 2 fully saturated rings. The maximum atomic E-state index is 12.3. The highest BCUT2D eigenvalue weighted by atomic mass is 16.5. The molecule has 1 saturated heterocycles. The van der Waals surface area contributed by atoms with Crippen molar-refractivity contribution in [3.8, 4) is 0 Å². The minimum absolute atomic E-state index is 0.156. The van der Waals surface area contributed by atoms with E-state index in [1.165, 1.54) is 12.8 Å². The van der Waals surface area contributed by atoms with E-state index in [-0.39, 0.29) is 11.8 Å². The third-order valence-electron chi connectivity index (χ3n) is 5.43. The third kappa shape index (κ3) is 6.49. The third-order valence-corrected chi connectivity index (χ3v) is 5.43. The van der Waals surface area contributed by atoms with Crippen molar-refractivity contribution in [2.75, 3.05) is 51.8 Å². The van der Waals surface area contributed by atoms with Crippen LogP contribution in [0.4, 0.5) is 5.69 Å². The van der Waals surface area contributed by atoms with Gasteiger partial charge in [-0.1, -0.05) is 25.0 Å². The number of benzene rings is 1. The molecule has 1 heterocycles. The highest BCUT2D eigenvalue weighted by molar-refractivity contribution is 5.92. The van der Waals surface area contributed by atoms with Crippen LogP contribution < -0.4 is 16.0 Å². The summed E-state index contributed by atoms with van der Waals surface area (Å²) in [6, 6.07) is 8.02. The van der Waals surface area contributed by atoms with Crippen LogP contribution in [0.25, 0.3) is 0 Å². The smallest absolute Gasteiger partial charge is 0.227 e. The summed E-state index contributed by atoms with van der Waals surface area (Å²) >= 11 is 0. The molecule has 1 aliphatic carbocycles. The molecule has 0 unspecified atom stereocenters. The molecule has 3 rings (SSSR count). The van der Waals surface area contributed by atoms with Crippen LogP contribution in [0.15, 0.2) is 29.3 Å². The summed E-state index contributed by atoms with van der Waals surface area (Å²) in [6.07, 6.45) is 4.36. The van der Waals surface area contributed by atoms with Gasteiger partial charge in [-0.2, -0.15) is 0 Å². The molecule has 0 radical (unpaired) electrons. The molecule has 7 nitrogen and oxygen atoms in total. The van der Waals surface area contributed by atoms with Crippen molar-refractivity contribution in [2.24, 2.45) is 10.9 Å². The average Bonchev–Trinajstić information content (AvgIpc) is 3.27. The maximum absolute atomic E-state index is 12.3. The Morgan fingerprint density at radius 3 is 2.75 bits per heavy atom. The van der Waals surface area contributed by atoms with Gasteiger partial charge in [0.25, 0.3) is 0 Å². The van der Waals surface area contributed by atoms with Gasteiger partial charge in [0, 0.05) is 51.4 Å². The fraction of sp³-hybridized carbons (Fsp3) is 0.619. The zero-order chi connectivity index (χ0) is 19.6. The summed E-state index contributed by atoms with van der Waals surface area (Å²) in [4.78, 5) is 19.0. The number of nitrogens with one attached hydrogen (secondary N) is 3. The monoisotopic (exact) mass is 387 g/mol. The Balaban J connectivity index is 1.41. The molecule has 3 N–H and O–H groups in total. The van der Waals surface area contributed by atoms with E-state index >= 15 is 0 Å². The summed E-state index contributed by atoms with van der Waals surface area (Å²) in [5.41, 5.74) is 1.98. The van der Waals surface area contributed by atoms with E-state index in [1.807, 2.05) is 18.2 Å². The molecule has 0 spiro atoms. The van der Waals surface area contributed by atoms with Gasteiger partial charge in [0.05, 0.1) is 13.2 Å². The van der Waals surface area contributed by atoms with Crippen molar-refractivity contribution in [2.45, 2.75) is 32.2 Å². The minimum atomic E-state index is 0.156. The molecular formula is C21H33N5O2. The van der Waals surface area contributed by atoms with Crippen molar-refractivity contribution in [3.05, 3.63) is 29.8 Å². The lowest BCUT2D eigenvalue weighted by Crippen LogP contribution is -2.44. The second-order valence-corrected chi connectivity index (χ2v) is 7.48. The second kappa shape index (κ2) is 11.0. The number of aliphatic imine (C=N–C) groups is 1. The van der Waals surface area contributed by atoms with Crippen molar-refractivity contribution < 1.29 is 9.53 Å². The molecule has 0 bridgehead atoms. The molecule has 1 aromatic rings. The molecule has 28 heavy (non-hydrogen) atoms. The van der Waals surface area contributed by atoms with E-state index in [1.54, 1.807) is 7.05 Å². The normalized spacial score (nSPS) is 18.8. The molecule has 2 aliphatic rings. The summed E-state index contributed by atoms with van der Waals surface area (Å²) in [6.45, 7) is 6.11. The molecule has 0 aromatic heterocycles. The van der Waals surface area contributed by atoms with E-state index < -0.39 is 0 Å². The Hall–Kier alpha value is -2.12. The minimum Gasteiger partial charge on any atom is -0.379 e. The first-order chi connectivity index (χ1) is 13.7. The number of morpholine rings is 1. The van der Waals surface area contributed by atoms with E-state index in [0.717, 1.165) is 69.4 Å². The van der Waals surface area contributed by atoms with Crippen LogP contribution >= 0.6 is 0 Å². The summed E-state index contributed by atoms with van der Waals surface area (Å²) in [5, 5.41) is 9.77. The highest BCUT2D eigenvalue weighted by Crippen LogP contribution is 2.26. The van der Waals surface area contributed by atoms with Crippen molar-refractivity contribution >= 4 is 17.6 Å². The van der Waals surface area contributed by atoms with Crippen LogP contribution in [-0.4, -0.2) is 63.2 Å². The molecule has 154 valence electrons.